The van der Waals surface area contributed by atoms with Gasteiger partial charge in [-0.3, -0.25) is 0 Å². The molecule has 0 saturated carbocycles. The van der Waals surface area contributed by atoms with Crippen LogP contribution in [0.2, 0.25) is 0 Å². The molecule has 4 N–H and O–H groups in total. The summed E-state index contributed by atoms with van der Waals surface area (Å²) in [5, 5.41) is 2.81. The Hall–Kier alpha value is -2.09. The van der Waals surface area contributed by atoms with Crippen LogP contribution in [0.25, 0.3) is 0 Å². The summed E-state index contributed by atoms with van der Waals surface area (Å²) in [5.41, 5.74) is 2.57. The lowest BCUT2D eigenvalue weighted by Gasteiger charge is -2.19. The molecule has 0 radical (unpaired) electrons. The van der Waals surface area contributed by atoms with Gasteiger partial charge in [0.2, 0.25) is 0 Å². The van der Waals surface area contributed by atoms with Crippen LogP contribution in [0.1, 0.15) is 25.6 Å². The number of hydrogen-bond donors (Lipinski definition) is 3. The first-order valence-electron chi connectivity index (χ1n) is 7.10. The molecule has 8 heteroatoms. The number of nitrogens with one attached hydrogen (secondary N) is 2. The molecular formula is C13H22N6O2. The maximum Gasteiger partial charge on any atom is 0.407 e. The molecule has 1 aliphatic heterocycles. The number of ether oxygens (including phenoxy) is 1. The maximum atomic E-state index is 11.2. The van der Waals surface area contributed by atoms with E-state index in [9.17, 15) is 4.79 Å². The molecule has 1 aromatic rings. The van der Waals surface area contributed by atoms with Gasteiger partial charge in [-0.05, 0) is 12.8 Å². The number of methoxy groups -OCH3 is 1. The van der Waals surface area contributed by atoms with Gasteiger partial charge in [-0.1, -0.05) is 6.92 Å². The van der Waals surface area contributed by atoms with Gasteiger partial charge in [-0.25, -0.2) is 20.6 Å². The highest BCUT2D eigenvalue weighted by Crippen LogP contribution is 2.21. The highest BCUT2D eigenvalue weighted by atomic mass is 16.5. The van der Waals surface area contributed by atoms with Crippen molar-refractivity contribution in [1.29, 1.82) is 0 Å². The highest BCUT2D eigenvalue weighted by molar-refractivity contribution is 5.67. The fourth-order valence-corrected chi connectivity index (χ4v) is 2.37. The lowest BCUT2D eigenvalue weighted by Crippen LogP contribution is -2.37. The number of hydrazine groups is 1. The number of aryl methyl sites for hydroxylation is 1. The number of anilines is 2. The number of carbonyl (C=O) groups excluding carboxylic acids is 1. The summed E-state index contributed by atoms with van der Waals surface area (Å²) in [4.78, 5) is 22.3. The van der Waals surface area contributed by atoms with Crippen LogP contribution in [0, 0.1) is 0 Å². The average molecular weight is 294 g/mol. The highest BCUT2D eigenvalue weighted by Gasteiger charge is 2.25. The molecule has 0 bridgehead atoms. The Morgan fingerprint density at radius 1 is 1.57 bits per heavy atom. The van der Waals surface area contributed by atoms with E-state index >= 15 is 0 Å². The molecule has 0 aromatic carbocycles. The van der Waals surface area contributed by atoms with Crippen LogP contribution in [0.15, 0.2) is 6.07 Å². The Labute approximate surface area is 124 Å². The number of hydrogen-bond acceptors (Lipinski definition) is 7. The lowest BCUT2D eigenvalue weighted by atomic mass is 10.3. The van der Waals surface area contributed by atoms with E-state index in [-0.39, 0.29) is 6.04 Å². The van der Waals surface area contributed by atoms with E-state index in [4.69, 9.17) is 5.84 Å². The fraction of sp³-hybridized carbons (Fsp3) is 0.615. The van der Waals surface area contributed by atoms with Crippen molar-refractivity contribution in [3.63, 3.8) is 0 Å². The third-order valence-corrected chi connectivity index (χ3v) is 3.40. The van der Waals surface area contributed by atoms with Crippen molar-refractivity contribution in [1.82, 2.24) is 15.3 Å². The number of nitrogens with zero attached hydrogens (tertiary/aromatic N) is 3. The number of alkyl carbamates (subject to hydrolysis) is 1. The standard InChI is InChI=1S/C13H22N6O2/c1-3-4-10-16-11(18-14)7-12(17-10)19-6-5-9(8-19)15-13(20)21-2/h7,9H,3-6,8,14H2,1-2H3,(H,15,20)(H,16,17,18). The van der Waals surface area contributed by atoms with Crippen molar-refractivity contribution in [2.45, 2.75) is 32.2 Å². The third kappa shape index (κ3) is 3.94. The molecule has 116 valence electrons. The zero-order chi connectivity index (χ0) is 15.2. The maximum absolute atomic E-state index is 11.2. The van der Waals surface area contributed by atoms with Crippen LogP contribution in [-0.2, 0) is 11.2 Å². The van der Waals surface area contributed by atoms with Gasteiger partial charge in [-0.2, -0.15) is 0 Å². The number of nitrogen functional groups attached to an aromatic ring is 1. The Morgan fingerprint density at radius 2 is 2.38 bits per heavy atom. The number of nitrogens with two attached hydrogens (primary N) is 1. The van der Waals surface area contributed by atoms with Gasteiger partial charge >= 0.3 is 6.09 Å². The second-order valence-corrected chi connectivity index (χ2v) is 4.99. The first kappa shape index (κ1) is 15.3. The van der Waals surface area contributed by atoms with Crippen molar-refractivity contribution >= 4 is 17.7 Å². The van der Waals surface area contributed by atoms with E-state index in [1.165, 1.54) is 7.11 Å². The Kier molecular flexibility index (Phi) is 5.15. The first-order chi connectivity index (χ1) is 10.2. The molecule has 1 saturated heterocycles. The van der Waals surface area contributed by atoms with Crippen LogP contribution < -0.4 is 21.5 Å². The van der Waals surface area contributed by atoms with E-state index in [0.717, 1.165) is 37.4 Å². The molecule has 1 atom stereocenters. The molecule has 8 nitrogen and oxygen atoms in total. The third-order valence-electron chi connectivity index (χ3n) is 3.40. The Morgan fingerprint density at radius 3 is 3.05 bits per heavy atom. The van der Waals surface area contributed by atoms with Gasteiger partial charge in [0, 0.05) is 25.6 Å². The quantitative estimate of drug-likeness (QED) is 0.541. The minimum Gasteiger partial charge on any atom is -0.453 e. The number of amides is 1. The molecule has 2 heterocycles. The average Bonchev–Trinajstić information content (AvgIpc) is 2.95. The molecule has 1 amide bonds. The summed E-state index contributed by atoms with van der Waals surface area (Å²) in [6, 6.07) is 1.89. The monoisotopic (exact) mass is 294 g/mol. The zero-order valence-electron chi connectivity index (χ0n) is 12.4. The van der Waals surface area contributed by atoms with Crippen molar-refractivity contribution in [3.05, 3.63) is 11.9 Å². The van der Waals surface area contributed by atoms with Gasteiger partial charge in [0.15, 0.2) is 0 Å². The van der Waals surface area contributed by atoms with Gasteiger partial charge in [0.05, 0.1) is 13.2 Å². The van der Waals surface area contributed by atoms with Crippen molar-refractivity contribution < 1.29 is 9.53 Å². The molecule has 0 aliphatic carbocycles. The van der Waals surface area contributed by atoms with Crippen molar-refractivity contribution in [2.24, 2.45) is 5.84 Å². The van der Waals surface area contributed by atoms with E-state index in [1.54, 1.807) is 0 Å². The molecule has 21 heavy (non-hydrogen) atoms. The zero-order valence-corrected chi connectivity index (χ0v) is 12.4. The van der Waals surface area contributed by atoms with Crippen LogP contribution in [0.3, 0.4) is 0 Å². The lowest BCUT2D eigenvalue weighted by molar-refractivity contribution is 0.167. The summed E-state index contributed by atoms with van der Waals surface area (Å²) < 4.78 is 4.62. The minimum atomic E-state index is -0.402. The van der Waals surface area contributed by atoms with Gasteiger partial charge < -0.3 is 20.4 Å². The van der Waals surface area contributed by atoms with E-state index in [0.29, 0.717) is 12.4 Å². The van der Waals surface area contributed by atoms with E-state index in [2.05, 4.69) is 37.3 Å². The predicted octanol–water partition coefficient (Wildman–Crippen LogP) is 0.649. The molecular weight excluding hydrogens is 272 g/mol. The summed E-state index contributed by atoms with van der Waals surface area (Å²) in [6.45, 7) is 3.60. The summed E-state index contributed by atoms with van der Waals surface area (Å²) >= 11 is 0. The topological polar surface area (TPSA) is 105 Å². The number of rotatable bonds is 5. The summed E-state index contributed by atoms with van der Waals surface area (Å²) in [6.07, 6.45) is 2.23. The SMILES string of the molecule is CCCc1nc(NN)cc(N2CCC(NC(=O)OC)C2)n1. The molecule has 1 unspecified atom stereocenters. The molecule has 0 spiro atoms. The summed E-state index contributed by atoms with van der Waals surface area (Å²) in [5.74, 6) is 7.67. The van der Waals surface area contributed by atoms with Crippen molar-refractivity contribution in [3.8, 4) is 0 Å². The Balaban J connectivity index is 2.08. The summed E-state index contributed by atoms with van der Waals surface area (Å²) in [7, 11) is 1.36. The second kappa shape index (κ2) is 7.07. The molecule has 2 rings (SSSR count). The van der Waals surface area contributed by atoms with E-state index in [1.807, 2.05) is 6.07 Å². The smallest absolute Gasteiger partial charge is 0.407 e. The predicted molar refractivity (Wildman–Crippen MR) is 80.0 cm³/mol. The van der Waals surface area contributed by atoms with Gasteiger partial charge in [0.25, 0.3) is 0 Å². The van der Waals surface area contributed by atoms with Crippen LogP contribution in [-0.4, -0.2) is 42.3 Å². The molecule has 1 aromatic heterocycles. The van der Waals surface area contributed by atoms with Crippen LogP contribution in [0.4, 0.5) is 16.4 Å². The second-order valence-electron chi connectivity index (χ2n) is 4.99. The largest absolute Gasteiger partial charge is 0.453 e. The first-order valence-corrected chi connectivity index (χ1v) is 7.10. The van der Waals surface area contributed by atoms with Crippen molar-refractivity contribution in [2.75, 3.05) is 30.5 Å². The molecule has 1 fully saturated rings. The normalized spacial score (nSPS) is 17.7. The Bertz CT molecular complexity index is 496. The minimum absolute atomic E-state index is 0.0660. The van der Waals surface area contributed by atoms with E-state index < -0.39 is 6.09 Å². The number of aromatic nitrogens is 2. The molecule has 1 aliphatic rings. The van der Waals surface area contributed by atoms with Crippen LogP contribution >= 0.6 is 0 Å². The van der Waals surface area contributed by atoms with Gasteiger partial charge in [0.1, 0.15) is 17.5 Å². The fourth-order valence-electron chi connectivity index (χ4n) is 2.37. The van der Waals surface area contributed by atoms with Gasteiger partial charge in [-0.15, -0.1) is 0 Å². The number of carbonyl (C=O) groups is 1. The van der Waals surface area contributed by atoms with Crippen LogP contribution in [0.5, 0.6) is 0 Å².